The number of amides is 4. The summed E-state index contributed by atoms with van der Waals surface area (Å²) in [4.78, 5) is 68.8. The molecule has 13 heteroatoms. The minimum absolute atomic E-state index is 0. The molecule has 3 atom stereocenters. The van der Waals surface area contributed by atoms with Gasteiger partial charge in [-0.05, 0) is 75.3 Å². The number of hydrogen-bond donors (Lipinski definition) is 3. The summed E-state index contributed by atoms with van der Waals surface area (Å²) in [6.45, 7) is 6.06. The molecule has 1 aliphatic carbocycles. The molecule has 5 rings (SSSR count). The third-order valence-corrected chi connectivity index (χ3v) is 9.45. The molecule has 280 valence electrons. The van der Waals surface area contributed by atoms with Crippen LogP contribution in [0.4, 0.5) is 0 Å². The van der Waals surface area contributed by atoms with Gasteiger partial charge in [0.05, 0.1) is 30.4 Å². The zero-order valence-corrected chi connectivity index (χ0v) is 32.1. The normalized spacial score (nSPS) is 19.0. The first-order valence-electron chi connectivity index (χ1n) is 17.0. The highest BCUT2D eigenvalue weighted by molar-refractivity contribution is 7.59. The summed E-state index contributed by atoms with van der Waals surface area (Å²) in [5, 5.41) is 5.91. The van der Waals surface area contributed by atoms with Gasteiger partial charge >= 0.3 is 5.97 Å². The fourth-order valence-electron chi connectivity index (χ4n) is 7.10. The van der Waals surface area contributed by atoms with Crippen LogP contribution in [0.25, 0.3) is 0 Å². The molecular weight excluding hydrogens is 701 g/mol. The highest BCUT2D eigenvalue weighted by Gasteiger charge is 2.50. The minimum Gasteiger partial charge on any atom is -0.496 e. The number of methoxy groups -OCH3 is 1. The number of benzene rings is 3. The maximum Gasteiger partial charge on any atom is 0.329 e. The number of carbonyl (C=O) groups is 5. The van der Waals surface area contributed by atoms with Crippen molar-refractivity contribution in [1.29, 1.82) is 0 Å². The Morgan fingerprint density at radius 2 is 1.50 bits per heavy atom. The number of primary amides is 1. The van der Waals surface area contributed by atoms with Gasteiger partial charge in [-0.1, -0.05) is 66.7 Å². The van der Waals surface area contributed by atoms with Crippen molar-refractivity contribution < 1.29 is 33.4 Å². The highest BCUT2D eigenvalue weighted by atomic mass is 32.1. The van der Waals surface area contributed by atoms with Crippen LogP contribution in [0.3, 0.4) is 0 Å². The molecule has 0 unspecified atom stereocenters. The maximum absolute atomic E-state index is 14.6. The van der Waals surface area contributed by atoms with E-state index in [0.29, 0.717) is 54.8 Å². The number of carbonyl (C=O) groups excluding carboxylic acids is 5. The van der Waals surface area contributed by atoms with Gasteiger partial charge < -0.3 is 30.7 Å². The molecule has 3 aromatic carbocycles. The van der Waals surface area contributed by atoms with Gasteiger partial charge in [0.15, 0.2) is 0 Å². The molecule has 1 saturated heterocycles. The molecule has 1 aliphatic heterocycles. The van der Waals surface area contributed by atoms with Crippen molar-refractivity contribution >= 4 is 56.6 Å². The molecule has 1 heterocycles. The molecule has 4 amide bonds. The lowest BCUT2D eigenvalue weighted by Crippen LogP contribution is -2.55. The average Bonchev–Trinajstić information content (AvgIpc) is 3.10. The zero-order valence-electron chi connectivity index (χ0n) is 30.1. The standard InChI is InChI=1S/C39H46N4O7.2H2S/c1-38(2,3)50-36(47)31(24-33(40)44)42-37(48)39(25-12-6-5-7-13-25)21-18-28(27-14-8-10-16-30(27)39)35(46)43-22-19-26(20-23-43)41-34(45)29-15-9-11-17-32(29)49-4;;/h5-17,26,28,31H,18-24H2,1-4H3,(H2,40,44)(H,41,45)(H,42,48);2*1H2/t28-,31-,39+;;/m0../s1. The molecule has 0 bridgehead atoms. The Balaban J connectivity index is 0.00000364. The number of likely N-dealkylation sites (tertiary alicyclic amines) is 1. The van der Waals surface area contributed by atoms with Crippen molar-refractivity contribution in [2.24, 2.45) is 5.73 Å². The number of hydrogen-bond acceptors (Lipinski definition) is 7. The Labute approximate surface area is 319 Å². The second-order valence-corrected chi connectivity index (χ2v) is 14.0. The number of para-hydroxylation sites is 1. The highest BCUT2D eigenvalue weighted by Crippen LogP contribution is 2.48. The van der Waals surface area contributed by atoms with Gasteiger partial charge in [-0.25, -0.2) is 4.79 Å². The van der Waals surface area contributed by atoms with Crippen LogP contribution in [0.15, 0.2) is 78.9 Å². The van der Waals surface area contributed by atoms with Crippen LogP contribution in [0.1, 0.15) is 85.8 Å². The molecule has 0 saturated carbocycles. The van der Waals surface area contributed by atoms with E-state index in [4.69, 9.17) is 15.2 Å². The predicted octanol–water partition coefficient (Wildman–Crippen LogP) is 4.21. The number of nitrogens with one attached hydrogen (secondary N) is 2. The molecular formula is C39H50N4O7S2. The van der Waals surface area contributed by atoms with E-state index in [0.717, 1.165) is 5.56 Å². The van der Waals surface area contributed by atoms with E-state index in [1.54, 1.807) is 39.0 Å². The van der Waals surface area contributed by atoms with Gasteiger partial charge in [0.2, 0.25) is 17.7 Å². The number of nitrogens with zero attached hydrogens (tertiary/aromatic N) is 1. The van der Waals surface area contributed by atoms with E-state index in [9.17, 15) is 24.0 Å². The number of esters is 1. The van der Waals surface area contributed by atoms with Crippen LogP contribution in [0.2, 0.25) is 0 Å². The molecule has 3 aromatic rings. The largest absolute Gasteiger partial charge is 0.496 e. The van der Waals surface area contributed by atoms with Gasteiger partial charge in [0.25, 0.3) is 5.91 Å². The molecule has 2 aliphatic rings. The second-order valence-electron chi connectivity index (χ2n) is 14.0. The van der Waals surface area contributed by atoms with Crippen molar-refractivity contribution in [3.05, 3.63) is 101 Å². The van der Waals surface area contributed by atoms with Crippen LogP contribution < -0.4 is 21.1 Å². The van der Waals surface area contributed by atoms with Gasteiger partial charge in [0, 0.05) is 19.1 Å². The molecule has 0 aromatic heterocycles. The van der Waals surface area contributed by atoms with E-state index in [1.807, 2.05) is 65.6 Å². The number of fused-ring (bicyclic) bond motifs is 1. The molecule has 4 N–H and O–H groups in total. The molecule has 52 heavy (non-hydrogen) atoms. The Morgan fingerprint density at radius 1 is 0.885 bits per heavy atom. The van der Waals surface area contributed by atoms with Crippen molar-refractivity contribution in [3.63, 3.8) is 0 Å². The summed E-state index contributed by atoms with van der Waals surface area (Å²) in [7, 11) is 1.53. The van der Waals surface area contributed by atoms with E-state index in [1.165, 1.54) is 7.11 Å². The Hall–Kier alpha value is -4.49. The van der Waals surface area contributed by atoms with Crippen LogP contribution in [0.5, 0.6) is 5.75 Å². The Kier molecular flexibility index (Phi) is 14.4. The van der Waals surface area contributed by atoms with Crippen molar-refractivity contribution in [1.82, 2.24) is 15.5 Å². The molecule has 11 nitrogen and oxygen atoms in total. The number of ether oxygens (including phenoxy) is 2. The smallest absolute Gasteiger partial charge is 0.329 e. The number of rotatable bonds is 10. The van der Waals surface area contributed by atoms with Crippen molar-refractivity contribution in [3.8, 4) is 5.75 Å². The summed E-state index contributed by atoms with van der Waals surface area (Å²) in [5.74, 6) is -2.24. The van der Waals surface area contributed by atoms with Crippen molar-refractivity contribution in [2.75, 3.05) is 20.2 Å². The topological polar surface area (TPSA) is 157 Å². The first kappa shape index (κ1) is 41.9. The summed E-state index contributed by atoms with van der Waals surface area (Å²) in [6, 6.07) is 22.4. The van der Waals surface area contributed by atoms with Crippen molar-refractivity contribution in [2.45, 2.75) is 81.9 Å². The van der Waals surface area contributed by atoms with E-state index >= 15 is 0 Å². The molecule has 0 radical (unpaired) electrons. The SMILES string of the molecule is COc1ccccc1C(=O)NC1CCN(C(=O)[C@H]2CC[C@@](C(=O)N[C@@H](CC(N)=O)C(=O)OC(C)(C)C)(c3ccccc3)c3ccccc32)CC1.S.S. The molecule has 0 spiro atoms. The van der Waals surface area contributed by atoms with Gasteiger partial charge in [-0.15, -0.1) is 0 Å². The first-order valence-corrected chi connectivity index (χ1v) is 17.0. The van der Waals surface area contributed by atoms with Gasteiger partial charge in [-0.3, -0.25) is 19.2 Å². The monoisotopic (exact) mass is 750 g/mol. The lowest BCUT2D eigenvalue weighted by molar-refractivity contribution is -0.159. The van der Waals surface area contributed by atoms with Crippen LogP contribution >= 0.6 is 27.0 Å². The summed E-state index contributed by atoms with van der Waals surface area (Å²) in [5.41, 5.74) is 5.94. The second kappa shape index (κ2) is 17.8. The average molecular weight is 751 g/mol. The lowest BCUT2D eigenvalue weighted by atomic mass is 9.62. The first-order chi connectivity index (χ1) is 23.8. The number of piperidine rings is 1. The van der Waals surface area contributed by atoms with E-state index < -0.39 is 47.2 Å². The van der Waals surface area contributed by atoms with Crippen LogP contribution in [-0.4, -0.2) is 72.4 Å². The van der Waals surface area contributed by atoms with Crippen LogP contribution in [0, 0.1) is 0 Å². The maximum atomic E-state index is 14.6. The van der Waals surface area contributed by atoms with Crippen LogP contribution in [-0.2, 0) is 29.3 Å². The summed E-state index contributed by atoms with van der Waals surface area (Å²) >= 11 is 0. The molecule has 1 fully saturated rings. The number of nitrogens with two attached hydrogens (primary N) is 1. The third-order valence-electron chi connectivity index (χ3n) is 9.45. The quantitative estimate of drug-likeness (QED) is 0.262. The van der Waals surface area contributed by atoms with E-state index in [-0.39, 0.29) is 51.3 Å². The Bertz CT molecular complexity index is 1740. The Morgan fingerprint density at radius 3 is 2.13 bits per heavy atom. The van der Waals surface area contributed by atoms with E-state index in [2.05, 4.69) is 10.6 Å². The predicted molar refractivity (Wildman–Crippen MR) is 208 cm³/mol. The van der Waals surface area contributed by atoms with Gasteiger partial charge in [0.1, 0.15) is 17.4 Å². The van der Waals surface area contributed by atoms with Gasteiger partial charge in [-0.2, -0.15) is 27.0 Å². The fraction of sp³-hybridized carbons (Fsp3) is 0.410. The lowest BCUT2D eigenvalue weighted by Gasteiger charge is -2.43. The minimum atomic E-state index is -1.30. The summed E-state index contributed by atoms with van der Waals surface area (Å²) < 4.78 is 10.9. The third kappa shape index (κ3) is 9.29. The fourth-order valence-corrected chi connectivity index (χ4v) is 7.10. The zero-order chi connectivity index (χ0) is 36.1. The summed E-state index contributed by atoms with van der Waals surface area (Å²) in [6.07, 6.45) is 1.42.